The zero-order chi connectivity index (χ0) is 15.8. The summed E-state index contributed by atoms with van der Waals surface area (Å²) in [5.74, 6) is 1.32. The monoisotopic (exact) mass is 295 g/mol. The molecule has 0 atom stereocenters. The molecule has 0 unspecified atom stereocenters. The van der Waals surface area contributed by atoms with Crippen LogP contribution in [0.1, 0.15) is 20.3 Å². The van der Waals surface area contributed by atoms with Gasteiger partial charge in [0.25, 0.3) is 0 Å². The summed E-state index contributed by atoms with van der Waals surface area (Å²) in [5, 5.41) is 3.16. The minimum atomic E-state index is 0.131. The van der Waals surface area contributed by atoms with E-state index < -0.39 is 0 Å². The Hall–Kier alpha value is -2.11. The number of nitrogen functional groups attached to an aromatic ring is 1. The maximum atomic E-state index is 11.9. The summed E-state index contributed by atoms with van der Waals surface area (Å²) in [4.78, 5) is 13.7. The number of methoxy groups -OCH3 is 2. The van der Waals surface area contributed by atoms with E-state index in [2.05, 4.69) is 5.32 Å². The topological polar surface area (TPSA) is 76.8 Å². The Kier molecular flexibility index (Phi) is 6.65. The molecular weight excluding hydrogens is 270 g/mol. The van der Waals surface area contributed by atoms with Gasteiger partial charge in [0.1, 0.15) is 0 Å². The van der Waals surface area contributed by atoms with Crippen LogP contribution in [-0.4, -0.2) is 44.7 Å². The van der Waals surface area contributed by atoms with Crippen molar-refractivity contribution < 1.29 is 14.3 Å². The number of benzene rings is 1. The van der Waals surface area contributed by atoms with Crippen LogP contribution in [0, 0.1) is 0 Å². The van der Waals surface area contributed by atoms with Crippen LogP contribution in [0.4, 0.5) is 11.4 Å². The number of nitrogens with two attached hydrogens (primary N) is 1. The van der Waals surface area contributed by atoms with Gasteiger partial charge in [0.2, 0.25) is 5.91 Å². The Morgan fingerprint density at radius 2 is 1.76 bits per heavy atom. The van der Waals surface area contributed by atoms with Crippen LogP contribution in [0.3, 0.4) is 0 Å². The molecular formula is C15H25N3O3. The molecule has 6 heteroatoms. The van der Waals surface area contributed by atoms with Crippen molar-refractivity contribution in [1.82, 2.24) is 4.90 Å². The molecule has 0 spiro atoms. The fourth-order valence-corrected chi connectivity index (χ4v) is 2.09. The maximum Gasteiger partial charge on any atom is 0.224 e. The molecule has 0 aromatic heterocycles. The third-order valence-corrected chi connectivity index (χ3v) is 3.33. The molecule has 0 saturated heterocycles. The number of nitrogens with one attached hydrogen (secondary N) is 1. The van der Waals surface area contributed by atoms with Crippen molar-refractivity contribution in [2.75, 3.05) is 44.9 Å². The van der Waals surface area contributed by atoms with Gasteiger partial charge in [-0.25, -0.2) is 0 Å². The number of carbonyl (C=O) groups is 1. The zero-order valence-corrected chi connectivity index (χ0v) is 13.2. The number of anilines is 2. The molecule has 0 fully saturated rings. The van der Waals surface area contributed by atoms with Crippen molar-refractivity contribution in [1.29, 1.82) is 0 Å². The van der Waals surface area contributed by atoms with Gasteiger partial charge in [-0.2, -0.15) is 0 Å². The summed E-state index contributed by atoms with van der Waals surface area (Å²) in [6.07, 6.45) is 0.426. The van der Waals surface area contributed by atoms with Crippen molar-refractivity contribution in [3.05, 3.63) is 12.1 Å². The highest BCUT2D eigenvalue weighted by molar-refractivity contribution is 5.77. The first-order valence-corrected chi connectivity index (χ1v) is 7.10. The molecule has 1 amide bonds. The maximum absolute atomic E-state index is 11.9. The van der Waals surface area contributed by atoms with Gasteiger partial charge < -0.3 is 25.4 Å². The van der Waals surface area contributed by atoms with Crippen LogP contribution in [0.2, 0.25) is 0 Å². The number of rotatable bonds is 8. The Morgan fingerprint density at radius 3 is 2.29 bits per heavy atom. The lowest BCUT2D eigenvalue weighted by atomic mass is 10.2. The lowest BCUT2D eigenvalue weighted by Crippen LogP contribution is -2.31. The van der Waals surface area contributed by atoms with Crippen molar-refractivity contribution in [3.8, 4) is 11.5 Å². The number of amides is 1. The summed E-state index contributed by atoms with van der Waals surface area (Å²) in [5.41, 5.74) is 7.25. The van der Waals surface area contributed by atoms with Gasteiger partial charge in [-0.1, -0.05) is 0 Å². The SMILES string of the molecule is CCN(CC)C(=O)CCNc1cc(OC)c(OC)cc1N. The fraction of sp³-hybridized carbons (Fsp3) is 0.533. The van der Waals surface area contributed by atoms with Crippen LogP contribution in [0.5, 0.6) is 11.5 Å². The predicted octanol–water partition coefficient (Wildman–Crippen LogP) is 1.96. The standard InChI is InChI=1S/C15H25N3O3/c1-5-18(6-2)15(19)7-8-17-12-10-14(21-4)13(20-3)9-11(12)16/h9-10,17H,5-8,16H2,1-4H3. The minimum Gasteiger partial charge on any atom is -0.493 e. The first-order valence-electron chi connectivity index (χ1n) is 7.10. The highest BCUT2D eigenvalue weighted by atomic mass is 16.5. The molecule has 21 heavy (non-hydrogen) atoms. The number of hydrogen-bond donors (Lipinski definition) is 2. The van der Waals surface area contributed by atoms with E-state index in [0.29, 0.717) is 30.2 Å². The average Bonchev–Trinajstić information content (AvgIpc) is 2.49. The summed E-state index contributed by atoms with van der Waals surface area (Å²) >= 11 is 0. The molecule has 0 aliphatic rings. The van der Waals surface area contributed by atoms with E-state index in [0.717, 1.165) is 18.8 Å². The van der Waals surface area contributed by atoms with Crippen LogP contribution < -0.4 is 20.5 Å². The Bertz CT molecular complexity index is 473. The molecule has 0 saturated carbocycles. The normalized spacial score (nSPS) is 10.1. The van der Waals surface area contributed by atoms with Gasteiger partial charge in [0, 0.05) is 38.2 Å². The summed E-state index contributed by atoms with van der Waals surface area (Å²) in [6.45, 7) is 5.93. The van der Waals surface area contributed by atoms with Crippen LogP contribution in [0.25, 0.3) is 0 Å². The lowest BCUT2D eigenvalue weighted by Gasteiger charge is -2.19. The molecule has 3 N–H and O–H groups in total. The van der Waals surface area contributed by atoms with Gasteiger partial charge in [-0.15, -0.1) is 0 Å². The quantitative estimate of drug-likeness (QED) is 0.717. The molecule has 1 rings (SSSR count). The second-order valence-electron chi connectivity index (χ2n) is 4.54. The Balaban J connectivity index is 2.65. The highest BCUT2D eigenvalue weighted by Gasteiger charge is 2.11. The second-order valence-corrected chi connectivity index (χ2v) is 4.54. The van der Waals surface area contributed by atoms with Gasteiger partial charge in [-0.3, -0.25) is 4.79 Å². The van der Waals surface area contributed by atoms with Gasteiger partial charge >= 0.3 is 0 Å². The number of carbonyl (C=O) groups excluding carboxylic acids is 1. The van der Waals surface area contributed by atoms with Crippen LogP contribution >= 0.6 is 0 Å². The molecule has 1 aromatic rings. The van der Waals surface area contributed by atoms with Gasteiger partial charge in [0.15, 0.2) is 11.5 Å². The van der Waals surface area contributed by atoms with E-state index in [1.807, 2.05) is 13.8 Å². The largest absolute Gasteiger partial charge is 0.493 e. The summed E-state index contributed by atoms with van der Waals surface area (Å²) in [7, 11) is 3.13. The first-order chi connectivity index (χ1) is 10.1. The molecule has 0 aliphatic carbocycles. The molecule has 0 bridgehead atoms. The van der Waals surface area contributed by atoms with Crippen molar-refractivity contribution >= 4 is 17.3 Å². The Labute approximate surface area is 126 Å². The van der Waals surface area contributed by atoms with Crippen molar-refractivity contribution in [3.63, 3.8) is 0 Å². The summed E-state index contributed by atoms with van der Waals surface area (Å²) < 4.78 is 10.4. The minimum absolute atomic E-state index is 0.131. The predicted molar refractivity (Wildman–Crippen MR) is 85.0 cm³/mol. The van der Waals surface area contributed by atoms with Gasteiger partial charge in [-0.05, 0) is 13.8 Å². The third kappa shape index (κ3) is 4.44. The fourth-order valence-electron chi connectivity index (χ4n) is 2.09. The molecule has 0 heterocycles. The molecule has 118 valence electrons. The molecule has 0 radical (unpaired) electrons. The molecule has 6 nitrogen and oxygen atoms in total. The van der Waals surface area contributed by atoms with E-state index >= 15 is 0 Å². The van der Waals surface area contributed by atoms with E-state index in [1.54, 1.807) is 31.3 Å². The molecule has 1 aromatic carbocycles. The van der Waals surface area contributed by atoms with E-state index in [4.69, 9.17) is 15.2 Å². The lowest BCUT2D eigenvalue weighted by molar-refractivity contribution is -0.130. The van der Waals surface area contributed by atoms with Crippen LogP contribution in [0.15, 0.2) is 12.1 Å². The zero-order valence-electron chi connectivity index (χ0n) is 13.2. The Morgan fingerprint density at radius 1 is 1.19 bits per heavy atom. The number of hydrogen-bond acceptors (Lipinski definition) is 5. The summed E-state index contributed by atoms with van der Waals surface area (Å²) in [6, 6.07) is 3.48. The second kappa shape index (κ2) is 8.24. The first kappa shape index (κ1) is 16.9. The number of ether oxygens (including phenoxy) is 2. The van der Waals surface area contributed by atoms with Gasteiger partial charge in [0.05, 0.1) is 25.6 Å². The third-order valence-electron chi connectivity index (χ3n) is 3.33. The smallest absolute Gasteiger partial charge is 0.224 e. The van der Waals surface area contributed by atoms with E-state index in [-0.39, 0.29) is 5.91 Å². The van der Waals surface area contributed by atoms with Crippen LogP contribution in [-0.2, 0) is 4.79 Å². The number of nitrogens with zero attached hydrogens (tertiary/aromatic N) is 1. The van der Waals surface area contributed by atoms with E-state index in [1.165, 1.54) is 0 Å². The highest BCUT2D eigenvalue weighted by Crippen LogP contribution is 2.34. The van der Waals surface area contributed by atoms with E-state index in [9.17, 15) is 4.79 Å². The van der Waals surface area contributed by atoms with Crippen molar-refractivity contribution in [2.24, 2.45) is 0 Å². The van der Waals surface area contributed by atoms with Crippen molar-refractivity contribution in [2.45, 2.75) is 20.3 Å². The average molecular weight is 295 g/mol. The molecule has 0 aliphatic heterocycles.